The van der Waals surface area contributed by atoms with Crippen molar-refractivity contribution in [3.8, 4) is 0 Å². The molecule has 26 heavy (non-hydrogen) atoms. The molecule has 0 aliphatic carbocycles. The first-order chi connectivity index (χ1) is 12.3. The van der Waals surface area contributed by atoms with Crippen LogP contribution in [0.5, 0.6) is 0 Å². The SMILES string of the molecule is Cc1oc(C(=O)N[C@H](C)c2cccc(F)c2)cc1S(=O)(=O)N1CCCC1. The third kappa shape index (κ3) is 3.66. The lowest BCUT2D eigenvalue weighted by atomic mass is 10.1. The number of sulfonamides is 1. The normalized spacial score (nSPS) is 16.6. The Bertz CT molecular complexity index is 917. The summed E-state index contributed by atoms with van der Waals surface area (Å²) in [6.45, 7) is 4.19. The number of nitrogens with one attached hydrogen (secondary N) is 1. The molecule has 2 aromatic rings. The van der Waals surface area contributed by atoms with Crippen LogP contribution >= 0.6 is 0 Å². The fourth-order valence-corrected chi connectivity index (χ4v) is 4.71. The van der Waals surface area contributed by atoms with Crippen molar-refractivity contribution in [2.75, 3.05) is 13.1 Å². The van der Waals surface area contributed by atoms with Gasteiger partial charge in [-0.1, -0.05) is 12.1 Å². The second-order valence-electron chi connectivity index (χ2n) is 6.39. The third-order valence-corrected chi connectivity index (χ3v) is 6.48. The summed E-state index contributed by atoms with van der Waals surface area (Å²) < 4.78 is 45.4. The molecule has 1 fully saturated rings. The van der Waals surface area contributed by atoms with Crippen molar-refractivity contribution in [1.82, 2.24) is 9.62 Å². The van der Waals surface area contributed by atoms with E-state index < -0.39 is 27.8 Å². The smallest absolute Gasteiger partial charge is 0.287 e. The van der Waals surface area contributed by atoms with Gasteiger partial charge in [-0.3, -0.25) is 4.79 Å². The van der Waals surface area contributed by atoms with E-state index in [4.69, 9.17) is 4.42 Å². The number of hydrogen-bond donors (Lipinski definition) is 1. The molecular formula is C18H21FN2O4S. The van der Waals surface area contributed by atoms with E-state index in [0.717, 1.165) is 12.8 Å². The zero-order valence-electron chi connectivity index (χ0n) is 14.7. The van der Waals surface area contributed by atoms with Gasteiger partial charge in [-0.25, -0.2) is 12.8 Å². The minimum atomic E-state index is -3.66. The number of rotatable bonds is 5. The summed E-state index contributed by atoms with van der Waals surface area (Å²) in [5.41, 5.74) is 0.603. The first-order valence-corrected chi connectivity index (χ1v) is 9.90. The van der Waals surface area contributed by atoms with Gasteiger partial charge in [0, 0.05) is 19.2 Å². The summed E-state index contributed by atoms with van der Waals surface area (Å²) in [7, 11) is -3.66. The van der Waals surface area contributed by atoms with Crippen molar-refractivity contribution in [2.45, 2.75) is 37.6 Å². The summed E-state index contributed by atoms with van der Waals surface area (Å²) in [6.07, 6.45) is 1.66. The number of carbonyl (C=O) groups is 1. The molecule has 1 N–H and O–H groups in total. The van der Waals surface area contributed by atoms with Crippen LogP contribution in [0.3, 0.4) is 0 Å². The van der Waals surface area contributed by atoms with Crippen LogP contribution in [0.15, 0.2) is 39.6 Å². The van der Waals surface area contributed by atoms with E-state index in [1.54, 1.807) is 19.1 Å². The minimum Gasteiger partial charge on any atom is -0.455 e. The summed E-state index contributed by atoms with van der Waals surface area (Å²) >= 11 is 0. The number of nitrogens with zero attached hydrogens (tertiary/aromatic N) is 1. The molecule has 0 unspecified atom stereocenters. The van der Waals surface area contributed by atoms with Crippen LogP contribution in [-0.4, -0.2) is 31.7 Å². The fraction of sp³-hybridized carbons (Fsp3) is 0.389. The molecule has 1 atom stereocenters. The van der Waals surface area contributed by atoms with E-state index in [2.05, 4.69) is 5.32 Å². The van der Waals surface area contributed by atoms with Crippen molar-refractivity contribution in [3.05, 3.63) is 53.2 Å². The lowest BCUT2D eigenvalue weighted by Gasteiger charge is -2.14. The van der Waals surface area contributed by atoms with Gasteiger partial charge in [0.05, 0.1) is 6.04 Å². The lowest BCUT2D eigenvalue weighted by Crippen LogP contribution is -2.28. The predicted octanol–water partition coefficient (Wildman–Crippen LogP) is 3.00. The molecule has 1 saturated heterocycles. The minimum absolute atomic E-state index is 0.0166. The maximum atomic E-state index is 13.3. The van der Waals surface area contributed by atoms with E-state index in [-0.39, 0.29) is 16.4 Å². The van der Waals surface area contributed by atoms with Crippen molar-refractivity contribution >= 4 is 15.9 Å². The molecule has 1 aliphatic rings. The molecule has 1 amide bonds. The Hall–Kier alpha value is -2.19. The van der Waals surface area contributed by atoms with Gasteiger partial charge in [0.1, 0.15) is 16.5 Å². The van der Waals surface area contributed by atoms with Crippen molar-refractivity contribution in [3.63, 3.8) is 0 Å². The van der Waals surface area contributed by atoms with E-state index in [9.17, 15) is 17.6 Å². The van der Waals surface area contributed by atoms with E-state index >= 15 is 0 Å². The number of amides is 1. The number of halogens is 1. The first kappa shape index (κ1) is 18.6. The summed E-state index contributed by atoms with van der Waals surface area (Å²) in [6, 6.07) is 6.72. The lowest BCUT2D eigenvalue weighted by molar-refractivity contribution is 0.0910. The fourth-order valence-electron chi connectivity index (χ4n) is 3.03. The van der Waals surface area contributed by atoms with Gasteiger partial charge in [-0.05, 0) is 44.4 Å². The number of hydrogen-bond acceptors (Lipinski definition) is 4. The van der Waals surface area contributed by atoms with Crippen molar-refractivity contribution in [2.24, 2.45) is 0 Å². The Morgan fingerprint density at radius 3 is 2.62 bits per heavy atom. The Kier molecular flexibility index (Phi) is 5.15. The highest BCUT2D eigenvalue weighted by molar-refractivity contribution is 7.89. The quantitative estimate of drug-likeness (QED) is 0.865. The molecule has 1 aromatic heterocycles. The van der Waals surface area contributed by atoms with E-state index in [1.165, 1.54) is 29.4 Å². The van der Waals surface area contributed by atoms with Gasteiger partial charge >= 0.3 is 0 Å². The van der Waals surface area contributed by atoms with Crippen LogP contribution in [0.4, 0.5) is 4.39 Å². The molecule has 6 nitrogen and oxygen atoms in total. The third-order valence-electron chi connectivity index (χ3n) is 4.48. The molecule has 3 rings (SSSR count). The van der Waals surface area contributed by atoms with E-state index in [0.29, 0.717) is 18.7 Å². The average Bonchev–Trinajstić information content (AvgIpc) is 3.24. The van der Waals surface area contributed by atoms with Crippen molar-refractivity contribution in [1.29, 1.82) is 0 Å². The highest BCUT2D eigenvalue weighted by Gasteiger charge is 2.31. The van der Waals surface area contributed by atoms with Gasteiger partial charge in [0.25, 0.3) is 5.91 Å². The highest BCUT2D eigenvalue weighted by atomic mass is 32.2. The predicted molar refractivity (Wildman–Crippen MR) is 93.7 cm³/mol. The van der Waals surface area contributed by atoms with Crippen LogP contribution in [0.2, 0.25) is 0 Å². The summed E-state index contributed by atoms with van der Waals surface area (Å²) in [4.78, 5) is 12.4. The molecule has 0 saturated carbocycles. The highest BCUT2D eigenvalue weighted by Crippen LogP contribution is 2.26. The monoisotopic (exact) mass is 380 g/mol. The molecule has 0 radical (unpaired) electrons. The maximum absolute atomic E-state index is 13.3. The van der Waals surface area contributed by atoms with Crippen LogP contribution in [-0.2, 0) is 10.0 Å². The van der Waals surface area contributed by atoms with E-state index in [1.807, 2.05) is 0 Å². The molecule has 8 heteroatoms. The van der Waals surface area contributed by atoms with Gasteiger partial charge in [-0.2, -0.15) is 4.31 Å². The van der Waals surface area contributed by atoms with Crippen molar-refractivity contribution < 1.29 is 22.0 Å². The molecule has 1 aliphatic heterocycles. The molecule has 0 spiro atoms. The van der Waals surface area contributed by atoms with Gasteiger partial charge < -0.3 is 9.73 Å². The summed E-state index contributed by atoms with van der Waals surface area (Å²) in [5, 5.41) is 2.69. The van der Waals surface area contributed by atoms with Crippen LogP contribution in [0, 0.1) is 12.7 Å². The van der Waals surface area contributed by atoms with Crippen LogP contribution in [0.25, 0.3) is 0 Å². The van der Waals surface area contributed by atoms with Gasteiger partial charge in [0.15, 0.2) is 5.76 Å². The Balaban J connectivity index is 1.79. The topological polar surface area (TPSA) is 79.6 Å². The second-order valence-corrected chi connectivity index (χ2v) is 8.30. The van der Waals surface area contributed by atoms with Gasteiger partial charge in [-0.15, -0.1) is 0 Å². The number of carbonyl (C=O) groups excluding carboxylic acids is 1. The van der Waals surface area contributed by atoms with Crippen LogP contribution in [0.1, 0.15) is 47.7 Å². The number of furan rings is 1. The van der Waals surface area contributed by atoms with Gasteiger partial charge in [0.2, 0.25) is 10.0 Å². The summed E-state index contributed by atoms with van der Waals surface area (Å²) in [5.74, 6) is -0.840. The second kappa shape index (κ2) is 7.20. The molecule has 2 heterocycles. The molecular weight excluding hydrogens is 359 g/mol. The average molecular weight is 380 g/mol. The largest absolute Gasteiger partial charge is 0.455 e. The standard InChI is InChI=1S/C18H21FN2O4S/c1-12(14-6-5-7-15(19)10-14)20-18(22)16-11-17(13(2)25-16)26(23,24)21-8-3-4-9-21/h5-7,10-12H,3-4,8-9H2,1-2H3,(H,20,22)/t12-/m1/s1. The molecule has 140 valence electrons. The number of benzene rings is 1. The molecule has 1 aromatic carbocycles. The van der Waals surface area contributed by atoms with Crippen LogP contribution < -0.4 is 5.32 Å². The molecule has 0 bridgehead atoms. The Morgan fingerprint density at radius 1 is 1.27 bits per heavy atom. The Morgan fingerprint density at radius 2 is 1.96 bits per heavy atom. The zero-order valence-corrected chi connectivity index (χ0v) is 15.5. The first-order valence-electron chi connectivity index (χ1n) is 8.46. The zero-order chi connectivity index (χ0) is 18.9. The number of aryl methyl sites for hydroxylation is 1. The Labute approximate surface area is 152 Å². The maximum Gasteiger partial charge on any atom is 0.287 e.